The van der Waals surface area contributed by atoms with E-state index in [1.54, 1.807) is 0 Å². The predicted molar refractivity (Wildman–Crippen MR) is 173 cm³/mol. The van der Waals surface area contributed by atoms with Crippen LogP contribution in [0.5, 0.6) is 0 Å². The van der Waals surface area contributed by atoms with Crippen LogP contribution in [0, 0.1) is 0 Å². The van der Waals surface area contributed by atoms with Crippen molar-refractivity contribution in [3.8, 4) is 44.5 Å². The maximum Gasteiger partial charge on any atom is 0.0346 e. The summed E-state index contributed by atoms with van der Waals surface area (Å²) in [6, 6.07) is 46.7. The molecular weight excluding hydrogens is 494 g/mol. The van der Waals surface area contributed by atoms with Crippen molar-refractivity contribution < 1.29 is 0 Å². The molecule has 0 N–H and O–H groups in total. The molecule has 0 spiro atoms. The molecule has 0 aliphatic heterocycles. The van der Waals surface area contributed by atoms with Crippen LogP contribution in [-0.4, -0.2) is 4.98 Å². The molecule has 0 unspecified atom stereocenters. The van der Waals surface area contributed by atoms with Crippen molar-refractivity contribution in [3.05, 3.63) is 151 Å². The molecule has 0 radical (unpaired) electrons. The Labute approximate surface area is 240 Å². The van der Waals surface area contributed by atoms with Gasteiger partial charge in [0, 0.05) is 23.4 Å². The van der Waals surface area contributed by atoms with E-state index >= 15 is 0 Å². The Bertz CT molecular complexity index is 2100. The molecule has 1 aliphatic carbocycles. The van der Waals surface area contributed by atoms with Crippen LogP contribution in [0.15, 0.2) is 140 Å². The minimum Gasteiger partial charge on any atom is -0.264 e. The molecule has 1 heteroatoms. The number of rotatable bonds is 3. The maximum absolute atomic E-state index is 4.51. The number of nitrogens with zero attached hydrogens (tertiary/aromatic N) is 1. The number of hydrogen-bond donors (Lipinski definition) is 0. The molecule has 1 heterocycles. The van der Waals surface area contributed by atoms with Gasteiger partial charge in [-0.15, -0.1) is 0 Å². The zero-order valence-corrected chi connectivity index (χ0v) is 23.2. The molecule has 0 fully saturated rings. The van der Waals surface area contributed by atoms with E-state index in [-0.39, 0.29) is 5.41 Å². The topological polar surface area (TPSA) is 12.9 Å². The van der Waals surface area contributed by atoms with Crippen LogP contribution in [-0.2, 0) is 5.41 Å². The lowest BCUT2D eigenvalue weighted by Gasteiger charge is -2.23. The van der Waals surface area contributed by atoms with Crippen molar-refractivity contribution >= 4 is 21.5 Å². The summed E-state index contributed by atoms with van der Waals surface area (Å²) in [4.78, 5) is 4.51. The van der Waals surface area contributed by atoms with Crippen molar-refractivity contribution in [2.75, 3.05) is 0 Å². The van der Waals surface area contributed by atoms with E-state index in [1.807, 2.05) is 18.5 Å². The fourth-order valence-electron chi connectivity index (χ4n) is 7.06. The Balaban J connectivity index is 1.56. The zero-order chi connectivity index (χ0) is 27.6. The zero-order valence-electron chi connectivity index (χ0n) is 23.2. The summed E-state index contributed by atoms with van der Waals surface area (Å²) in [5, 5.41) is 5.02. The third kappa shape index (κ3) is 3.52. The summed E-state index contributed by atoms with van der Waals surface area (Å²) in [6.07, 6.45) is 3.84. The highest BCUT2D eigenvalue weighted by atomic mass is 14.6. The first kappa shape index (κ1) is 23.8. The summed E-state index contributed by atoms with van der Waals surface area (Å²) in [7, 11) is 0. The van der Waals surface area contributed by atoms with E-state index in [2.05, 4.69) is 140 Å². The van der Waals surface area contributed by atoms with E-state index in [0.29, 0.717) is 0 Å². The first-order valence-electron chi connectivity index (χ1n) is 14.3. The predicted octanol–water partition coefficient (Wildman–Crippen LogP) is 10.7. The monoisotopic (exact) mass is 523 g/mol. The molecule has 0 bridgehead atoms. The third-order valence-electron chi connectivity index (χ3n) is 8.96. The fraction of sp³-hybridized carbons (Fsp3) is 0.0750. The first-order valence-corrected chi connectivity index (χ1v) is 14.3. The minimum absolute atomic E-state index is 0.0572. The molecule has 0 amide bonds. The van der Waals surface area contributed by atoms with Gasteiger partial charge in [-0.1, -0.05) is 129 Å². The highest BCUT2D eigenvalue weighted by Gasteiger charge is 2.37. The number of fused-ring (bicyclic) bond motifs is 5. The molecule has 1 aromatic heterocycles. The summed E-state index contributed by atoms with van der Waals surface area (Å²) in [5.74, 6) is 0. The van der Waals surface area contributed by atoms with Crippen LogP contribution >= 0.6 is 0 Å². The molecule has 7 aromatic rings. The summed E-state index contributed by atoms with van der Waals surface area (Å²) in [6.45, 7) is 4.72. The lowest BCUT2D eigenvalue weighted by Crippen LogP contribution is -2.14. The van der Waals surface area contributed by atoms with Crippen LogP contribution in [0.4, 0.5) is 0 Å². The van der Waals surface area contributed by atoms with Gasteiger partial charge in [-0.3, -0.25) is 4.98 Å². The molecule has 194 valence electrons. The van der Waals surface area contributed by atoms with Crippen molar-refractivity contribution in [3.63, 3.8) is 0 Å². The van der Waals surface area contributed by atoms with Crippen molar-refractivity contribution in [1.82, 2.24) is 4.98 Å². The molecule has 0 atom stereocenters. The van der Waals surface area contributed by atoms with Crippen molar-refractivity contribution in [2.24, 2.45) is 0 Å². The summed E-state index contributed by atoms with van der Waals surface area (Å²) >= 11 is 0. The van der Waals surface area contributed by atoms with Crippen LogP contribution < -0.4 is 0 Å². The molecule has 1 nitrogen and oxygen atoms in total. The van der Waals surface area contributed by atoms with E-state index < -0.39 is 0 Å². The number of hydrogen-bond acceptors (Lipinski definition) is 1. The number of pyridine rings is 1. The largest absolute Gasteiger partial charge is 0.264 e. The smallest absolute Gasteiger partial charge is 0.0346 e. The Morgan fingerprint density at radius 2 is 1.10 bits per heavy atom. The Hall–Kier alpha value is -5.01. The Morgan fingerprint density at radius 1 is 0.439 bits per heavy atom. The van der Waals surface area contributed by atoms with Gasteiger partial charge < -0.3 is 0 Å². The molecule has 0 saturated heterocycles. The summed E-state index contributed by atoms with van der Waals surface area (Å²) in [5.41, 5.74) is 12.8. The van der Waals surface area contributed by atoms with E-state index in [9.17, 15) is 0 Å². The summed E-state index contributed by atoms with van der Waals surface area (Å²) < 4.78 is 0. The highest BCUT2D eigenvalue weighted by Crippen LogP contribution is 2.54. The third-order valence-corrected chi connectivity index (χ3v) is 8.96. The van der Waals surface area contributed by atoms with Gasteiger partial charge in [0.15, 0.2) is 0 Å². The van der Waals surface area contributed by atoms with Gasteiger partial charge in [0.2, 0.25) is 0 Å². The van der Waals surface area contributed by atoms with Gasteiger partial charge in [-0.2, -0.15) is 0 Å². The molecule has 41 heavy (non-hydrogen) atoms. The quantitative estimate of drug-likeness (QED) is 0.210. The second kappa shape index (κ2) is 9.01. The molecule has 0 saturated carbocycles. The lowest BCUT2D eigenvalue weighted by atomic mass is 9.80. The van der Waals surface area contributed by atoms with Gasteiger partial charge in [0.25, 0.3) is 0 Å². The van der Waals surface area contributed by atoms with Crippen molar-refractivity contribution in [2.45, 2.75) is 19.3 Å². The van der Waals surface area contributed by atoms with E-state index in [4.69, 9.17) is 0 Å². The lowest BCUT2D eigenvalue weighted by molar-refractivity contribution is 0.660. The van der Waals surface area contributed by atoms with Gasteiger partial charge in [-0.05, 0) is 83.7 Å². The van der Waals surface area contributed by atoms with Gasteiger partial charge in [0.1, 0.15) is 0 Å². The first-order chi connectivity index (χ1) is 20.1. The van der Waals surface area contributed by atoms with E-state index in [1.165, 1.54) is 71.6 Å². The number of aromatic nitrogens is 1. The standard InChI is InChI=1S/C40H29N/c1-40(2)35-19-9-8-17-32(35)39-33(18-10-20-36(39)40)38-30-16-7-6-15-29(30)37(28-14-11-23-41-25-28)31-22-21-27(24-34(31)38)26-12-4-3-5-13-26/h3-25H,1-2H3. The van der Waals surface area contributed by atoms with E-state index in [0.717, 1.165) is 5.56 Å². The Kier molecular flexibility index (Phi) is 5.24. The normalized spacial score (nSPS) is 13.3. The van der Waals surface area contributed by atoms with Gasteiger partial charge in [0.05, 0.1) is 0 Å². The van der Waals surface area contributed by atoms with Crippen LogP contribution in [0.2, 0.25) is 0 Å². The molecule has 1 aliphatic rings. The minimum atomic E-state index is -0.0572. The molecule has 6 aromatic carbocycles. The van der Waals surface area contributed by atoms with Crippen LogP contribution in [0.1, 0.15) is 25.0 Å². The van der Waals surface area contributed by atoms with Gasteiger partial charge >= 0.3 is 0 Å². The Morgan fingerprint density at radius 3 is 1.90 bits per heavy atom. The SMILES string of the molecule is CC1(C)c2ccccc2-c2c(-c3c4ccccc4c(-c4cccnc4)c4ccc(-c5ccccc5)cc34)cccc21. The molecular formula is C40H29N. The highest BCUT2D eigenvalue weighted by molar-refractivity contribution is 6.23. The van der Waals surface area contributed by atoms with Gasteiger partial charge in [-0.25, -0.2) is 0 Å². The second-order valence-electron chi connectivity index (χ2n) is 11.6. The fourth-order valence-corrected chi connectivity index (χ4v) is 7.06. The van der Waals surface area contributed by atoms with Crippen LogP contribution in [0.25, 0.3) is 66.1 Å². The number of benzene rings is 6. The van der Waals surface area contributed by atoms with Crippen LogP contribution in [0.3, 0.4) is 0 Å². The second-order valence-corrected chi connectivity index (χ2v) is 11.6. The van der Waals surface area contributed by atoms with Crippen molar-refractivity contribution in [1.29, 1.82) is 0 Å². The average molecular weight is 524 g/mol. The average Bonchev–Trinajstić information content (AvgIpc) is 3.27. The molecule has 8 rings (SSSR count). The maximum atomic E-state index is 4.51.